The van der Waals surface area contributed by atoms with Gasteiger partial charge in [0.1, 0.15) is 0 Å². The van der Waals surface area contributed by atoms with Gasteiger partial charge in [0.05, 0.1) is 25.0 Å². The minimum atomic E-state index is 0.403. The van der Waals surface area contributed by atoms with Crippen molar-refractivity contribution < 1.29 is 4.74 Å². The third kappa shape index (κ3) is 2.46. The van der Waals surface area contributed by atoms with E-state index in [1.807, 2.05) is 6.20 Å². The van der Waals surface area contributed by atoms with Crippen LogP contribution in [0.3, 0.4) is 0 Å². The molecule has 4 heteroatoms. The summed E-state index contributed by atoms with van der Waals surface area (Å²) in [6, 6.07) is 0.403. The normalized spacial score (nSPS) is 29.2. The Kier molecular flexibility index (Phi) is 4.01. The lowest BCUT2D eigenvalue weighted by atomic mass is 9.91. The van der Waals surface area contributed by atoms with Crippen molar-refractivity contribution in [1.82, 2.24) is 15.1 Å². The van der Waals surface area contributed by atoms with E-state index in [2.05, 4.69) is 28.9 Å². The van der Waals surface area contributed by atoms with E-state index < -0.39 is 0 Å². The molecule has 3 unspecified atom stereocenters. The first-order valence-electron chi connectivity index (χ1n) is 8.11. The van der Waals surface area contributed by atoms with Crippen LogP contribution < -0.4 is 10.1 Å². The van der Waals surface area contributed by atoms with Crippen LogP contribution in [0, 0.1) is 17.8 Å². The van der Waals surface area contributed by atoms with E-state index in [4.69, 9.17) is 4.74 Å². The van der Waals surface area contributed by atoms with Gasteiger partial charge >= 0.3 is 0 Å². The van der Waals surface area contributed by atoms with Crippen molar-refractivity contribution in [2.75, 3.05) is 13.7 Å². The van der Waals surface area contributed by atoms with E-state index >= 15 is 0 Å². The highest BCUT2D eigenvalue weighted by Gasteiger charge is 2.48. The molecule has 0 saturated heterocycles. The lowest BCUT2D eigenvalue weighted by Crippen LogP contribution is -2.31. The van der Waals surface area contributed by atoms with Gasteiger partial charge in [0.2, 0.25) is 0 Å². The van der Waals surface area contributed by atoms with Crippen LogP contribution in [0.25, 0.3) is 0 Å². The number of fused-ring (bicyclic) bond motifs is 1. The van der Waals surface area contributed by atoms with Gasteiger partial charge in [0, 0.05) is 6.54 Å². The van der Waals surface area contributed by atoms with Gasteiger partial charge in [-0.15, -0.1) is 0 Å². The van der Waals surface area contributed by atoms with Gasteiger partial charge < -0.3 is 10.1 Å². The van der Waals surface area contributed by atoms with Crippen molar-refractivity contribution in [1.29, 1.82) is 0 Å². The molecule has 0 aliphatic heterocycles. The fourth-order valence-corrected chi connectivity index (χ4v) is 3.92. The zero-order valence-corrected chi connectivity index (χ0v) is 12.9. The molecule has 1 aromatic rings. The average molecular weight is 277 g/mol. The summed E-state index contributed by atoms with van der Waals surface area (Å²) < 4.78 is 7.67. The van der Waals surface area contributed by atoms with Crippen molar-refractivity contribution in [2.24, 2.45) is 17.8 Å². The molecule has 3 rings (SSSR count). The van der Waals surface area contributed by atoms with Gasteiger partial charge in [0.15, 0.2) is 5.75 Å². The quantitative estimate of drug-likeness (QED) is 0.832. The van der Waals surface area contributed by atoms with Crippen LogP contribution >= 0.6 is 0 Å². The number of aromatic nitrogens is 2. The molecule has 1 aromatic heterocycles. The molecule has 2 saturated carbocycles. The molecule has 1 heterocycles. The zero-order valence-electron chi connectivity index (χ0n) is 12.9. The van der Waals surface area contributed by atoms with Crippen LogP contribution in [0.5, 0.6) is 5.75 Å². The van der Waals surface area contributed by atoms with E-state index in [0.29, 0.717) is 6.04 Å². The number of hydrogen-bond donors (Lipinski definition) is 1. The largest absolute Gasteiger partial charge is 0.493 e. The molecular formula is C16H27N3O. The van der Waals surface area contributed by atoms with Crippen molar-refractivity contribution in [2.45, 2.75) is 52.1 Å². The summed E-state index contributed by atoms with van der Waals surface area (Å²) in [5.74, 6) is 3.71. The Morgan fingerprint density at radius 3 is 2.70 bits per heavy atom. The summed E-state index contributed by atoms with van der Waals surface area (Å²) in [6.07, 6.45) is 7.27. The predicted octanol–water partition coefficient (Wildman–Crippen LogP) is 3.00. The molecule has 2 fully saturated rings. The Labute approximate surface area is 121 Å². The zero-order chi connectivity index (χ0) is 14.1. The molecule has 0 spiro atoms. The van der Waals surface area contributed by atoms with Crippen molar-refractivity contribution in [3.63, 3.8) is 0 Å². The molecule has 20 heavy (non-hydrogen) atoms. The van der Waals surface area contributed by atoms with Gasteiger partial charge in [-0.25, -0.2) is 0 Å². The standard InChI is InChI=1S/C16H27N3O/c1-4-6-17-15(13-8-11-7-12(11)9-13)16-14(20-3)10-18-19(16)5-2/h10-13,15,17H,4-9H2,1-3H3. The fraction of sp³-hybridized carbons (Fsp3) is 0.812. The molecule has 4 nitrogen and oxygen atoms in total. The number of methoxy groups -OCH3 is 1. The summed E-state index contributed by atoms with van der Waals surface area (Å²) >= 11 is 0. The minimum Gasteiger partial charge on any atom is -0.493 e. The highest BCUT2D eigenvalue weighted by Crippen LogP contribution is 2.57. The van der Waals surface area contributed by atoms with Crippen LogP contribution in [0.15, 0.2) is 6.20 Å². The first-order chi connectivity index (χ1) is 9.78. The van der Waals surface area contributed by atoms with Crippen molar-refractivity contribution in [3.05, 3.63) is 11.9 Å². The Balaban J connectivity index is 1.85. The van der Waals surface area contributed by atoms with Crippen LogP contribution in [0.2, 0.25) is 0 Å². The first-order valence-corrected chi connectivity index (χ1v) is 8.11. The Morgan fingerprint density at radius 2 is 2.10 bits per heavy atom. The molecule has 0 aromatic carbocycles. The smallest absolute Gasteiger partial charge is 0.161 e. The van der Waals surface area contributed by atoms with E-state index in [9.17, 15) is 0 Å². The lowest BCUT2D eigenvalue weighted by molar-refractivity contribution is 0.310. The summed E-state index contributed by atoms with van der Waals surface area (Å²) in [7, 11) is 1.75. The van der Waals surface area contributed by atoms with Gasteiger partial charge in [-0.05, 0) is 56.9 Å². The van der Waals surface area contributed by atoms with Gasteiger partial charge in [-0.2, -0.15) is 5.10 Å². The third-order valence-corrected chi connectivity index (χ3v) is 5.02. The van der Waals surface area contributed by atoms with Crippen molar-refractivity contribution >= 4 is 0 Å². The number of aryl methyl sites for hydroxylation is 1. The molecule has 2 aliphatic carbocycles. The second-order valence-electron chi connectivity index (χ2n) is 6.33. The summed E-state index contributed by atoms with van der Waals surface area (Å²) in [6.45, 7) is 6.35. The highest BCUT2D eigenvalue weighted by atomic mass is 16.5. The topological polar surface area (TPSA) is 39.1 Å². The number of nitrogens with zero attached hydrogens (tertiary/aromatic N) is 2. The van der Waals surface area contributed by atoms with E-state index in [1.54, 1.807) is 7.11 Å². The van der Waals surface area contributed by atoms with Crippen LogP contribution in [-0.2, 0) is 6.54 Å². The molecule has 2 aliphatic rings. The SMILES string of the molecule is CCCNC(c1c(OC)cnn1CC)C1CC2CC2C1. The van der Waals surface area contributed by atoms with Crippen LogP contribution in [0.1, 0.15) is 51.3 Å². The second-order valence-corrected chi connectivity index (χ2v) is 6.33. The summed E-state index contributed by atoms with van der Waals surface area (Å²) in [4.78, 5) is 0. The Morgan fingerprint density at radius 1 is 1.35 bits per heavy atom. The number of nitrogens with one attached hydrogen (secondary N) is 1. The first kappa shape index (κ1) is 13.9. The highest BCUT2D eigenvalue weighted by molar-refractivity contribution is 5.29. The maximum atomic E-state index is 5.56. The van der Waals surface area contributed by atoms with E-state index in [-0.39, 0.29) is 0 Å². The van der Waals surface area contributed by atoms with Gasteiger partial charge in [-0.3, -0.25) is 4.68 Å². The molecule has 3 atom stereocenters. The van der Waals surface area contributed by atoms with Crippen molar-refractivity contribution in [3.8, 4) is 5.75 Å². The molecule has 0 bridgehead atoms. The summed E-state index contributed by atoms with van der Waals surface area (Å²) in [5, 5.41) is 8.25. The van der Waals surface area contributed by atoms with Crippen LogP contribution in [0.4, 0.5) is 0 Å². The number of hydrogen-bond acceptors (Lipinski definition) is 3. The molecular weight excluding hydrogens is 250 g/mol. The molecule has 0 amide bonds. The molecule has 0 radical (unpaired) electrons. The fourth-order valence-electron chi connectivity index (χ4n) is 3.92. The maximum absolute atomic E-state index is 5.56. The molecule has 112 valence electrons. The molecule has 1 N–H and O–H groups in total. The Bertz CT molecular complexity index is 425. The maximum Gasteiger partial charge on any atom is 0.161 e. The second kappa shape index (κ2) is 5.76. The van der Waals surface area contributed by atoms with E-state index in [1.165, 1.54) is 31.4 Å². The predicted molar refractivity (Wildman–Crippen MR) is 79.8 cm³/mol. The summed E-state index contributed by atoms with van der Waals surface area (Å²) in [5.41, 5.74) is 1.26. The minimum absolute atomic E-state index is 0.403. The number of ether oxygens (including phenoxy) is 1. The van der Waals surface area contributed by atoms with Gasteiger partial charge in [-0.1, -0.05) is 6.92 Å². The third-order valence-electron chi connectivity index (χ3n) is 5.02. The van der Waals surface area contributed by atoms with Gasteiger partial charge in [0.25, 0.3) is 0 Å². The lowest BCUT2D eigenvalue weighted by Gasteiger charge is -2.27. The Hall–Kier alpha value is -1.03. The average Bonchev–Trinajstić information content (AvgIpc) is 2.90. The number of rotatable bonds is 7. The van der Waals surface area contributed by atoms with Crippen LogP contribution in [-0.4, -0.2) is 23.4 Å². The van der Waals surface area contributed by atoms with E-state index in [0.717, 1.165) is 36.6 Å². The monoisotopic (exact) mass is 277 g/mol.